The van der Waals surface area contributed by atoms with E-state index in [1.165, 1.54) is 5.56 Å². The molecule has 3 N–H and O–H groups in total. The molecule has 1 atom stereocenters. The average Bonchev–Trinajstić information content (AvgIpc) is 2.71. The number of nitrogens with one attached hydrogen (secondary N) is 3. The van der Waals surface area contributed by atoms with Crippen molar-refractivity contribution in [2.24, 2.45) is 12.0 Å². The zero-order valence-corrected chi connectivity index (χ0v) is 13.2. The molecule has 1 aromatic heterocycles. The first-order valence-electron chi connectivity index (χ1n) is 7.24. The summed E-state index contributed by atoms with van der Waals surface area (Å²) >= 11 is 0. The molecule has 0 spiro atoms. The Hall–Kier alpha value is -2.05. The molecule has 0 aliphatic carbocycles. The van der Waals surface area contributed by atoms with Crippen LogP contribution >= 0.6 is 0 Å². The standard InChI is InChI=1S/C14H24N6O/c1-9-12(10(2)20(4)19-9)8-17-14(15-3)18-11-5-6-13(21)16-7-11/h11H,5-8H2,1-4H3,(H,16,21)(H2,15,17,18). The fraction of sp³-hybridized carbons (Fsp3) is 0.643. The van der Waals surface area contributed by atoms with Crippen LogP contribution in [0.15, 0.2) is 4.99 Å². The van der Waals surface area contributed by atoms with Crippen LogP contribution in [0, 0.1) is 13.8 Å². The van der Waals surface area contributed by atoms with E-state index in [9.17, 15) is 4.79 Å². The van der Waals surface area contributed by atoms with E-state index in [0.717, 1.165) is 23.8 Å². The fourth-order valence-electron chi connectivity index (χ4n) is 2.49. The van der Waals surface area contributed by atoms with Crippen molar-refractivity contribution in [3.8, 4) is 0 Å². The quantitative estimate of drug-likeness (QED) is 0.540. The molecule has 2 rings (SSSR count). The van der Waals surface area contributed by atoms with E-state index in [2.05, 4.69) is 33.0 Å². The second kappa shape index (κ2) is 6.60. The summed E-state index contributed by atoms with van der Waals surface area (Å²) in [6.07, 6.45) is 1.40. The molecule has 0 bridgehead atoms. The third-order valence-corrected chi connectivity index (χ3v) is 3.92. The van der Waals surface area contributed by atoms with E-state index in [1.807, 2.05) is 18.7 Å². The number of aliphatic imine (C=N–C) groups is 1. The molecular weight excluding hydrogens is 268 g/mol. The van der Waals surface area contributed by atoms with Crippen molar-refractivity contribution in [2.45, 2.75) is 39.3 Å². The third-order valence-electron chi connectivity index (χ3n) is 3.92. The van der Waals surface area contributed by atoms with Crippen LogP contribution in [-0.2, 0) is 18.4 Å². The Labute approximate surface area is 125 Å². The van der Waals surface area contributed by atoms with Gasteiger partial charge in [-0.2, -0.15) is 5.10 Å². The van der Waals surface area contributed by atoms with Crippen LogP contribution in [0.4, 0.5) is 0 Å². The second-order valence-corrected chi connectivity index (χ2v) is 5.38. The number of aryl methyl sites for hydroxylation is 2. The number of guanidine groups is 1. The topological polar surface area (TPSA) is 83.3 Å². The number of aromatic nitrogens is 2. The van der Waals surface area contributed by atoms with Gasteiger partial charge in [-0.1, -0.05) is 0 Å². The van der Waals surface area contributed by atoms with Gasteiger partial charge in [0.15, 0.2) is 5.96 Å². The molecule has 0 aromatic carbocycles. The molecule has 7 nitrogen and oxygen atoms in total. The van der Waals surface area contributed by atoms with Gasteiger partial charge >= 0.3 is 0 Å². The first kappa shape index (κ1) is 15.3. The van der Waals surface area contributed by atoms with Gasteiger partial charge in [0.25, 0.3) is 0 Å². The minimum Gasteiger partial charge on any atom is -0.354 e. The van der Waals surface area contributed by atoms with E-state index in [4.69, 9.17) is 0 Å². The minimum absolute atomic E-state index is 0.123. The van der Waals surface area contributed by atoms with Gasteiger partial charge in [-0.15, -0.1) is 0 Å². The Morgan fingerprint density at radius 1 is 1.52 bits per heavy atom. The van der Waals surface area contributed by atoms with E-state index in [-0.39, 0.29) is 11.9 Å². The maximum Gasteiger partial charge on any atom is 0.220 e. The first-order chi connectivity index (χ1) is 10.0. The van der Waals surface area contributed by atoms with Gasteiger partial charge in [0.1, 0.15) is 0 Å². The van der Waals surface area contributed by atoms with Crippen molar-refractivity contribution in [1.29, 1.82) is 0 Å². The lowest BCUT2D eigenvalue weighted by molar-refractivity contribution is -0.122. The lowest BCUT2D eigenvalue weighted by Crippen LogP contribution is -2.51. The summed E-state index contributed by atoms with van der Waals surface area (Å²) in [5.41, 5.74) is 3.38. The molecule has 1 aliphatic heterocycles. The zero-order valence-electron chi connectivity index (χ0n) is 13.2. The van der Waals surface area contributed by atoms with E-state index in [1.54, 1.807) is 7.05 Å². The smallest absolute Gasteiger partial charge is 0.220 e. The van der Waals surface area contributed by atoms with Crippen molar-refractivity contribution in [1.82, 2.24) is 25.7 Å². The molecule has 1 unspecified atom stereocenters. The molecule has 1 aliphatic rings. The van der Waals surface area contributed by atoms with E-state index >= 15 is 0 Å². The lowest BCUT2D eigenvalue weighted by Gasteiger charge is -2.25. The summed E-state index contributed by atoms with van der Waals surface area (Å²) in [7, 11) is 3.70. The SMILES string of the molecule is CN=C(NCc1c(C)nn(C)c1C)NC1CCC(=O)NC1. The highest BCUT2D eigenvalue weighted by Crippen LogP contribution is 2.11. The molecule has 116 valence electrons. The van der Waals surface area contributed by atoms with Crippen molar-refractivity contribution >= 4 is 11.9 Å². The van der Waals surface area contributed by atoms with Gasteiger partial charge in [0, 0.05) is 50.9 Å². The normalized spacial score (nSPS) is 19.3. The Bertz CT molecular complexity index is 538. The number of carbonyl (C=O) groups is 1. The van der Waals surface area contributed by atoms with Crippen LogP contribution in [0.25, 0.3) is 0 Å². The fourth-order valence-corrected chi connectivity index (χ4v) is 2.49. The Morgan fingerprint density at radius 3 is 2.81 bits per heavy atom. The predicted molar refractivity (Wildman–Crippen MR) is 82.0 cm³/mol. The number of hydrogen-bond donors (Lipinski definition) is 3. The van der Waals surface area contributed by atoms with Gasteiger partial charge in [0.2, 0.25) is 5.91 Å². The summed E-state index contributed by atoms with van der Waals surface area (Å²) in [6, 6.07) is 0.227. The summed E-state index contributed by atoms with van der Waals surface area (Å²) in [5, 5.41) is 13.9. The predicted octanol–water partition coefficient (Wildman–Crippen LogP) is -0.0195. The van der Waals surface area contributed by atoms with Gasteiger partial charge in [-0.05, 0) is 20.3 Å². The molecule has 1 fully saturated rings. The van der Waals surface area contributed by atoms with E-state index in [0.29, 0.717) is 19.5 Å². The van der Waals surface area contributed by atoms with Crippen LogP contribution in [0.5, 0.6) is 0 Å². The van der Waals surface area contributed by atoms with Gasteiger partial charge in [0.05, 0.1) is 5.69 Å². The van der Waals surface area contributed by atoms with Crippen molar-refractivity contribution in [2.75, 3.05) is 13.6 Å². The average molecular weight is 292 g/mol. The van der Waals surface area contributed by atoms with E-state index < -0.39 is 0 Å². The maximum absolute atomic E-state index is 11.2. The van der Waals surface area contributed by atoms with Crippen molar-refractivity contribution < 1.29 is 4.79 Å². The second-order valence-electron chi connectivity index (χ2n) is 5.38. The van der Waals surface area contributed by atoms with Crippen LogP contribution in [0.1, 0.15) is 29.8 Å². The molecule has 21 heavy (non-hydrogen) atoms. The van der Waals surface area contributed by atoms with Crippen LogP contribution in [0.3, 0.4) is 0 Å². The number of amides is 1. The molecule has 1 saturated heterocycles. The monoisotopic (exact) mass is 292 g/mol. The lowest BCUT2D eigenvalue weighted by atomic mass is 10.1. The summed E-state index contributed by atoms with van der Waals surface area (Å²) < 4.78 is 1.89. The third kappa shape index (κ3) is 3.74. The van der Waals surface area contributed by atoms with Gasteiger partial charge in [-0.25, -0.2) is 0 Å². The summed E-state index contributed by atoms with van der Waals surface area (Å²) in [4.78, 5) is 15.4. The Morgan fingerprint density at radius 2 is 2.29 bits per heavy atom. The van der Waals surface area contributed by atoms with Crippen LogP contribution in [0.2, 0.25) is 0 Å². The molecule has 2 heterocycles. The molecule has 0 saturated carbocycles. The maximum atomic E-state index is 11.2. The molecule has 7 heteroatoms. The Kier molecular flexibility index (Phi) is 4.82. The molecule has 1 aromatic rings. The highest BCUT2D eigenvalue weighted by atomic mass is 16.1. The van der Waals surface area contributed by atoms with Crippen molar-refractivity contribution in [3.05, 3.63) is 17.0 Å². The minimum atomic E-state index is 0.123. The number of rotatable bonds is 3. The largest absolute Gasteiger partial charge is 0.354 e. The van der Waals surface area contributed by atoms with Crippen molar-refractivity contribution in [3.63, 3.8) is 0 Å². The molecular formula is C14H24N6O. The first-order valence-corrected chi connectivity index (χ1v) is 7.24. The highest BCUT2D eigenvalue weighted by Gasteiger charge is 2.19. The summed E-state index contributed by atoms with van der Waals surface area (Å²) in [6.45, 7) is 5.40. The number of nitrogens with zero attached hydrogens (tertiary/aromatic N) is 3. The number of hydrogen-bond acceptors (Lipinski definition) is 3. The Balaban J connectivity index is 1.90. The number of piperidine rings is 1. The highest BCUT2D eigenvalue weighted by molar-refractivity contribution is 5.81. The molecule has 0 radical (unpaired) electrons. The van der Waals surface area contributed by atoms with Crippen LogP contribution < -0.4 is 16.0 Å². The number of carbonyl (C=O) groups excluding carboxylic acids is 1. The van der Waals surface area contributed by atoms with Gasteiger partial charge in [-0.3, -0.25) is 14.5 Å². The van der Waals surface area contributed by atoms with Crippen LogP contribution in [-0.4, -0.2) is 41.3 Å². The summed E-state index contributed by atoms with van der Waals surface area (Å²) in [5.74, 6) is 0.872. The molecule has 1 amide bonds. The van der Waals surface area contributed by atoms with Gasteiger partial charge < -0.3 is 16.0 Å². The zero-order chi connectivity index (χ0) is 15.4.